The number of aromatic nitrogens is 2. The Balaban J connectivity index is 1.36. The number of fused-ring (bicyclic) bond motifs is 1. The number of anilines is 1. The van der Waals surface area contributed by atoms with E-state index >= 15 is 0 Å². The molecular formula is C32H35N3O3. The van der Waals surface area contributed by atoms with Crippen molar-refractivity contribution in [3.63, 3.8) is 0 Å². The third-order valence-electron chi connectivity index (χ3n) is 8.14. The highest BCUT2D eigenvalue weighted by Crippen LogP contribution is 2.42. The zero-order valence-electron chi connectivity index (χ0n) is 22.4. The first kappa shape index (κ1) is 25.7. The Morgan fingerprint density at radius 2 is 1.66 bits per heavy atom. The van der Waals surface area contributed by atoms with Crippen LogP contribution in [0.1, 0.15) is 61.9 Å². The smallest absolute Gasteiger partial charge is 0.307 e. The number of nitrogens with one attached hydrogen (secondary N) is 1. The molecule has 3 atom stereocenters. The van der Waals surface area contributed by atoms with Gasteiger partial charge in [0.15, 0.2) is 0 Å². The van der Waals surface area contributed by atoms with Gasteiger partial charge in [-0.15, -0.1) is 0 Å². The topological polar surface area (TPSA) is 84.2 Å². The SMILES string of the molecule is Cc1nc2cc(-c3ccc(C4CCCC(C(=O)Nc5ccc(C(C)C)cc5)C4C(=O)O)cc3)ccc2n1C. The van der Waals surface area contributed by atoms with Crippen LogP contribution < -0.4 is 5.32 Å². The van der Waals surface area contributed by atoms with Crippen molar-refractivity contribution < 1.29 is 14.7 Å². The Bertz CT molecular complexity index is 1470. The van der Waals surface area contributed by atoms with Gasteiger partial charge in [0.25, 0.3) is 0 Å². The number of aryl methyl sites for hydroxylation is 2. The van der Waals surface area contributed by atoms with E-state index in [1.54, 1.807) is 0 Å². The predicted molar refractivity (Wildman–Crippen MR) is 151 cm³/mol. The number of carboxylic acids is 1. The van der Waals surface area contributed by atoms with E-state index in [9.17, 15) is 14.7 Å². The first-order valence-electron chi connectivity index (χ1n) is 13.4. The minimum atomic E-state index is -0.912. The minimum absolute atomic E-state index is 0.213. The fourth-order valence-corrected chi connectivity index (χ4v) is 5.82. The molecule has 196 valence electrons. The van der Waals surface area contributed by atoms with Crippen LogP contribution in [-0.4, -0.2) is 26.5 Å². The molecule has 1 saturated carbocycles. The number of imidazole rings is 1. The van der Waals surface area contributed by atoms with Gasteiger partial charge >= 0.3 is 5.97 Å². The van der Waals surface area contributed by atoms with Gasteiger partial charge < -0.3 is 15.0 Å². The van der Waals surface area contributed by atoms with E-state index in [1.807, 2.05) is 62.5 Å². The zero-order chi connectivity index (χ0) is 27.0. The van der Waals surface area contributed by atoms with Crippen molar-refractivity contribution in [2.75, 3.05) is 5.32 Å². The highest BCUT2D eigenvalue weighted by atomic mass is 16.4. The van der Waals surface area contributed by atoms with Gasteiger partial charge in [-0.2, -0.15) is 0 Å². The number of aliphatic carboxylic acids is 1. The fraction of sp³-hybridized carbons (Fsp3) is 0.344. The number of carbonyl (C=O) groups is 2. The summed E-state index contributed by atoms with van der Waals surface area (Å²) in [6.45, 7) is 6.24. The van der Waals surface area contributed by atoms with Gasteiger partial charge in [0.2, 0.25) is 5.91 Å². The molecule has 0 bridgehead atoms. The van der Waals surface area contributed by atoms with Gasteiger partial charge in [-0.05, 0) is 78.1 Å². The molecule has 6 heteroatoms. The van der Waals surface area contributed by atoms with Crippen molar-refractivity contribution in [3.8, 4) is 11.1 Å². The number of amides is 1. The van der Waals surface area contributed by atoms with Gasteiger partial charge in [-0.1, -0.05) is 62.7 Å². The summed E-state index contributed by atoms with van der Waals surface area (Å²) in [5, 5.41) is 13.2. The molecule has 2 N–H and O–H groups in total. The molecular weight excluding hydrogens is 474 g/mol. The Morgan fingerprint density at radius 3 is 2.32 bits per heavy atom. The molecule has 3 unspecified atom stereocenters. The molecule has 5 rings (SSSR count). The third kappa shape index (κ3) is 4.95. The molecule has 0 saturated heterocycles. The maximum absolute atomic E-state index is 13.3. The lowest BCUT2D eigenvalue weighted by atomic mass is 9.69. The second-order valence-electron chi connectivity index (χ2n) is 10.8. The van der Waals surface area contributed by atoms with E-state index in [0.29, 0.717) is 18.0 Å². The lowest BCUT2D eigenvalue weighted by Crippen LogP contribution is -2.40. The monoisotopic (exact) mass is 509 g/mol. The molecule has 1 aliphatic rings. The maximum atomic E-state index is 13.3. The van der Waals surface area contributed by atoms with E-state index in [0.717, 1.165) is 46.4 Å². The zero-order valence-corrected chi connectivity index (χ0v) is 22.4. The molecule has 1 fully saturated rings. The van der Waals surface area contributed by atoms with Crippen molar-refractivity contribution in [3.05, 3.63) is 83.7 Å². The standard InChI is InChI=1S/C32H35N3O3/c1-19(2)21-12-15-25(16-13-21)34-31(36)27-7-5-6-26(30(27)32(37)38)23-10-8-22(9-11-23)24-14-17-29-28(18-24)33-20(3)35(29)4/h8-19,26-27,30H,5-7H2,1-4H3,(H,34,36)(H,37,38). The summed E-state index contributed by atoms with van der Waals surface area (Å²) in [7, 11) is 2.01. The quantitative estimate of drug-likeness (QED) is 0.296. The average Bonchev–Trinajstić information content (AvgIpc) is 3.20. The van der Waals surface area contributed by atoms with Crippen LogP contribution in [0, 0.1) is 18.8 Å². The lowest BCUT2D eigenvalue weighted by Gasteiger charge is -2.35. The van der Waals surface area contributed by atoms with Crippen LogP contribution in [0.15, 0.2) is 66.7 Å². The number of hydrogen-bond donors (Lipinski definition) is 2. The van der Waals surface area contributed by atoms with E-state index < -0.39 is 17.8 Å². The summed E-state index contributed by atoms with van der Waals surface area (Å²) < 4.78 is 2.07. The van der Waals surface area contributed by atoms with Crippen molar-refractivity contribution >= 4 is 28.6 Å². The van der Waals surface area contributed by atoms with E-state index in [4.69, 9.17) is 0 Å². The molecule has 38 heavy (non-hydrogen) atoms. The van der Waals surface area contributed by atoms with Crippen LogP contribution in [0.25, 0.3) is 22.2 Å². The highest BCUT2D eigenvalue weighted by molar-refractivity contribution is 5.95. The number of benzene rings is 3. The first-order valence-corrected chi connectivity index (χ1v) is 13.4. The number of nitrogens with zero attached hydrogens (tertiary/aromatic N) is 2. The number of hydrogen-bond acceptors (Lipinski definition) is 3. The van der Waals surface area contributed by atoms with Gasteiger partial charge in [0.05, 0.1) is 22.9 Å². The summed E-state index contributed by atoms with van der Waals surface area (Å²) in [5.74, 6) is -1.31. The first-order chi connectivity index (χ1) is 18.2. The van der Waals surface area contributed by atoms with Gasteiger partial charge in [-0.3, -0.25) is 9.59 Å². The van der Waals surface area contributed by atoms with Crippen LogP contribution in [0.2, 0.25) is 0 Å². The van der Waals surface area contributed by atoms with Gasteiger partial charge in [0, 0.05) is 12.7 Å². The Morgan fingerprint density at radius 1 is 0.974 bits per heavy atom. The van der Waals surface area contributed by atoms with Crippen molar-refractivity contribution in [1.29, 1.82) is 0 Å². The van der Waals surface area contributed by atoms with E-state index in [2.05, 4.69) is 46.9 Å². The molecule has 0 aliphatic heterocycles. The average molecular weight is 510 g/mol. The highest BCUT2D eigenvalue weighted by Gasteiger charge is 2.42. The van der Waals surface area contributed by atoms with Crippen LogP contribution in [0.4, 0.5) is 5.69 Å². The minimum Gasteiger partial charge on any atom is -0.481 e. The molecule has 1 aliphatic carbocycles. The summed E-state index contributed by atoms with van der Waals surface area (Å²) in [5.41, 5.74) is 7.04. The third-order valence-corrected chi connectivity index (χ3v) is 8.14. The molecule has 1 amide bonds. The summed E-state index contributed by atoms with van der Waals surface area (Å²) in [4.78, 5) is 30.4. The molecule has 0 radical (unpaired) electrons. The number of rotatable bonds is 6. The van der Waals surface area contributed by atoms with Crippen LogP contribution in [-0.2, 0) is 16.6 Å². The van der Waals surface area contributed by atoms with Crippen LogP contribution in [0.5, 0.6) is 0 Å². The second-order valence-corrected chi connectivity index (χ2v) is 10.8. The summed E-state index contributed by atoms with van der Waals surface area (Å²) >= 11 is 0. The largest absolute Gasteiger partial charge is 0.481 e. The lowest BCUT2D eigenvalue weighted by molar-refractivity contribution is -0.148. The molecule has 3 aromatic carbocycles. The van der Waals surface area contributed by atoms with Crippen molar-refractivity contribution in [1.82, 2.24) is 9.55 Å². The molecule has 4 aromatic rings. The number of carbonyl (C=O) groups excluding carboxylic acids is 1. The molecule has 0 spiro atoms. The van der Waals surface area contributed by atoms with Crippen LogP contribution in [0.3, 0.4) is 0 Å². The summed E-state index contributed by atoms with van der Waals surface area (Å²) in [6.07, 6.45) is 2.14. The second kappa shape index (κ2) is 10.4. The maximum Gasteiger partial charge on any atom is 0.307 e. The van der Waals surface area contributed by atoms with Gasteiger partial charge in [-0.25, -0.2) is 4.98 Å². The number of carboxylic acid groups (broad SMARTS) is 1. The van der Waals surface area contributed by atoms with E-state index in [1.165, 1.54) is 5.56 Å². The van der Waals surface area contributed by atoms with Crippen molar-refractivity contribution in [2.24, 2.45) is 18.9 Å². The van der Waals surface area contributed by atoms with Crippen molar-refractivity contribution in [2.45, 2.75) is 51.9 Å². The molecule has 1 heterocycles. The molecule has 1 aromatic heterocycles. The fourth-order valence-electron chi connectivity index (χ4n) is 5.82. The van der Waals surface area contributed by atoms with E-state index in [-0.39, 0.29) is 11.8 Å². The summed E-state index contributed by atoms with van der Waals surface area (Å²) in [6, 6.07) is 22.2. The van der Waals surface area contributed by atoms with Gasteiger partial charge in [0.1, 0.15) is 5.82 Å². The Kier molecular flexibility index (Phi) is 7.06. The Labute approximate surface area is 223 Å². The normalized spacial score (nSPS) is 19.6. The molecule has 6 nitrogen and oxygen atoms in total. The predicted octanol–water partition coefficient (Wildman–Crippen LogP) is 6.90. The Hall–Kier alpha value is -3.93. The van der Waals surface area contributed by atoms with Crippen LogP contribution >= 0.6 is 0 Å².